The number of hydrogen-bond acceptors (Lipinski definition) is 4. The molecule has 1 aliphatic heterocycles. The van der Waals surface area contributed by atoms with Gasteiger partial charge in [0, 0.05) is 33.0 Å². The lowest BCUT2D eigenvalue weighted by Crippen LogP contribution is -2.68. The van der Waals surface area contributed by atoms with Gasteiger partial charge in [0.15, 0.2) is 16.3 Å². The van der Waals surface area contributed by atoms with Crippen LogP contribution in [0.15, 0.2) is 120 Å². The first-order valence-electron chi connectivity index (χ1n) is 13.5. The van der Waals surface area contributed by atoms with Gasteiger partial charge in [-0.3, -0.25) is 14.4 Å². The first kappa shape index (κ1) is 28.7. The number of carbonyl (C=O) groups is 3. The third kappa shape index (κ3) is 5.23. The summed E-state index contributed by atoms with van der Waals surface area (Å²) in [4.78, 5) is 43.9. The van der Waals surface area contributed by atoms with Gasteiger partial charge in [-0.1, -0.05) is 108 Å². The van der Waals surface area contributed by atoms with Crippen LogP contribution in [-0.2, 0) is 14.4 Å². The molecule has 1 spiro atoms. The van der Waals surface area contributed by atoms with E-state index in [0.717, 1.165) is 11.1 Å². The van der Waals surface area contributed by atoms with E-state index >= 15 is 0 Å². The Balaban J connectivity index is 1.74. The highest BCUT2D eigenvalue weighted by Gasteiger charge is 2.66. The maximum atomic E-state index is 14.9. The number of halogens is 2. The monoisotopic (exact) mass is 622 g/mol. The van der Waals surface area contributed by atoms with Crippen LogP contribution in [0.5, 0.6) is 0 Å². The minimum Gasteiger partial charge on any atom is -0.302 e. The van der Waals surface area contributed by atoms with E-state index < -0.39 is 29.1 Å². The molecule has 4 aromatic carbocycles. The van der Waals surface area contributed by atoms with Crippen LogP contribution >= 0.6 is 35.4 Å². The Morgan fingerprint density at radius 1 is 0.581 bits per heavy atom. The second kappa shape index (κ2) is 11.7. The van der Waals surface area contributed by atoms with Crippen molar-refractivity contribution in [2.45, 2.75) is 11.8 Å². The van der Waals surface area contributed by atoms with Crippen molar-refractivity contribution in [3.05, 3.63) is 153 Å². The van der Waals surface area contributed by atoms with Crippen LogP contribution in [0.25, 0.3) is 12.2 Å². The second-order valence-corrected chi connectivity index (χ2v) is 11.7. The molecule has 8 heteroatoms. The summed E-state index contributed by atoms with van der Waals surface area (Å²) in [6.45, 7) is 0. The molecular formula is C35H24Cl2N2O3S. The quantitative estimate of drug-likeness (QED) is 0.144. The molecule has 0 aromatic heterocycles. The molecule has 1 aliphatic carbocycles. The smallest absolute Gasteiger partial charge is 0.243 e. The Bertz CT molecular complexity index is 1670. The summed E-state index contributed by atoms with van der Waals surface area (Å²) < 4.78 is 0. The van der Waals surface area contributed by atoms with E-state index in [1.165, 1.54) is 0 Å². The molecule has 2 N–H and O–H groups in total. The lowest BCUT2D eigenvalue weighted by Gasteiger charge is -2.50. The molecule has 5 nitrogen and oxygen atoms in total. The SMILES string of the molecule is O=C1/C(=C/c2ccccc2)C(c2ccc(Cl)cc2)C2(C(=O)NC(=S)NC2=O)C(c2ccc(Cl)cc2)/C1=C\c1ccccc1. The van der Waals surface area contributed by atoms with Gasteiger partial charge in [-0.2, -0.15) is 0 Å². The van der Waals surface area contributed by atoms with Gasteiger partial charge < -0.3 is 10.6 Å². The molecule has 43 heavy (non-hydrogen) atoms. The summed E-state index contributed by atoms with van der Waals surface area (Å²) in [5, 5.41) is 6.30. The fourth-order valence-corrected chi connectivity index (χ4v) is 6.55. The summed E-state index contributed by atoms with van der Waals surface area (Å²) in [6, 6.07) is 32.4. The highest BCUT2D eigenvalue weighted by molar-refractivity contribution is 7.80. The average Bonchev–Trinajstić information content (AvgIpc) is 3.00. The minimum atomic E-state index is -1.86. The third-order valence-corrected chi connectivity index (χ3v) is 8.62. The van der Waals surface area contributed by atoms with Gasteiger partial charge in [0.05, 0.1) is 0 Å². The van der Waals surface area contributed by atoms with Crippen LogP contribution in [0.4, 0.5) is 0 Å². The Labute approximate surface area is 264 Å². The number of allylic oxidation sites excluding steroid dienone is 2. The van der Waals surface area contributed by atoms with Gasteiger partial charge in [0.2, 0.25) is 11.8 Å². The fourth-order valence-electron chi connectivity index (χ4n) is 6.11. The van der Waals surface area contributed by atoms with Gasteiger partial charge in [-0.05, 0) is 70.9 Å². The number of ketones is 1. The number of benzene rings is 4. The first-order valence-corrected chi connectivity index (χ1v) is 14.7. The number of Topliss-reactive ketones (excluding diaryl/α,β-unsaturated/α-hetero) is 1. The summed E-state index contributed by atoms with van der Waals surface area (Å²) >= 11 is 17.8. The predicted octanol–water partition coefficient (Wildman–Crippen LogP) is 7.13. The lowest BCUT2D eigenvalue weighted by atomic mass is 9.51. The van der Waals surface area contributed by atoms with Crippen LogP contribution in [0.1, 0.15) is 34.1 Å². The van der Waals surface area contributed by atoms with E-state index in [9.17, 15) is 14.4 Å². The molecule has 6 rings (SSSR count). The number of rotatable bonds is 4. The van der Waals surface area contributed by atoms with Crippen molar-refractivity contribution in [3.8, 4) is 0 Å². The van der Waals surface area contributed by atoms with Crippen LogP contribution in [0, 0.1) is 5.41 Å². The van der Waals surface area contributed by atoms with Gasteiger partial charge in [-0.15, -0.1) is 0 Å². The fraction of sp³-hybridized carbons (Fsp3) is 0.0857. The van der Waals surface area contributed by atoms with E-state index in [-0.39, 0.29) is 10.9 Å². The molecule has 2 fully saturated rings. The van der Waals surface area contributed by atoms with E-state index in [4.69, 9.17) is 35.4 Å². The summed E-state index contributed by atoms with van der Waals surface area (Å²) in [5.41, 5.74) is 1.37. The van der Waals surface area contributed by atoms with Crippen molar-refractivity contribution in [2.75, 3.05) is 0 Å². The molecule has 4 aromatic rings. The van der Waals surface area contributed by atoms with Crippen molar-refractivity contribution < 1.29 is 14.4 Å². The Morgan fingerprint density at radius 3 is 1.33 bits per heavy atom. The second-order valence-electron chi connectivity index (χ2n) is 10.4. The van der Waals surface area contributed by atoms with E-state index in [1.54, 1.807) is 60.7 Å². The van der Waals surface area contributed by atoms with Crippen LogP contribution in [0.3, 0.4) is 0 Å². The highest BCUT2D eigenvalue weighted by Crippen LogP contribution is 2.59. The molecule has 2 unspecified atom stereocenters. The normalized spacial score (nSPS) is 21.6. The predicted molar refractivity (Wildman–Crippen MR) is 174 cm³/mol. The number of hydrogen-bond donors (Lipinski definition) is 2. The number of carbonyl (C=O) groups excluding carboxylic acids is 3. The van der Waals surface area contributed by atoms with Crippen LogP contribution in [-0.4, -0.2) is 22.7 Å². The standard InChI is InChI=1S/C35H24Cl2N2O3S/c36-25-15-11-23(12-16-25)29-27(19-21-7-3-1-4-8-21)31(40)28(20-22-9-5-2-6-10-22)30(24-13-17-26(37)18-14-24)35(29)32(41)38-34(43)39-33(35)42/h1-20,29-30H,(H2,38,39,41,42,43)/b27-19+,28-20+. The molecule has 2 atom stereocenters. The van der Waals surface area contributed by atoms with Gasteiger partial charge >= 0.3 is 0 Å². The Morgan fingerprint density at radius 2 is 0.953 bits per heavy atom. The first-order chi connectivity index (χ1) is 20.8. The highest BCUT2D eigenvalue weighted by atomic mass is 35.5. The lowest BCUT2D eigenvalue weighted by molar-refractivity contribution is -0.147. The molecule has 1 heterocycles. The van der Waals surface area contributed by atoms with Gasteiger partial charge in [-0.25, -0.2) is 0 Å². The molecular weight excluding hydrogens is 599 g/mol. The minimum absolute atomic E-state index is 0.0931. The van der Waals surface area contributed by atoms with E-state index in [1.807, 2.05) is 60.7 Å². The molecule has 1 saturated heterocycles. The van der Waals surface area contributed by atoms with Gasteiger partial charge in [0.1, 0.15) is 0 Å². The third-order valence-electron chi connectivity index (χ3n) is 7.91. The largest absolute Gasteiger partial charge is 0.302 e. The van der Waals surface area contributed by atoms with Crippen LogP contribution < -0.4 is 10.6 Å². The summed E-state index contributed by atoms with van der Waals surface area (Å²) in [6.07, 6.45) is 3.52. The van der Waals surface area contributed by atoms with E-state index in [0.29, 0.717) is 32.3 Å². The van der Waals surface area contributed by atoms with Crippen molar-refractivity contribution in [1.82, 2.24) is 10.6 Å². The topological polar surface area (TPSA) is 75.3 Å². The molecule has 212 valence electrons. The van der Waals surface area contributed by atoms with Crippen molar-refractivity contribution in [2.24, 2.45) is 5.41 Å². The maximum Gasteiger partial charge on any atom is 0.243 e. The Kier molecular flexibility index (Phi) is 7.84. The summed E-state index contributed by atoms with van der Waals surface area (Å²) in [5.74, 6) is -3.51. The zero-order chi connectivity index (χ0) is 30.1. The average molecular weight is 624 g/mol. The number of thiocarbonyl (C=S) groups is 1. The van der Waals surface area contributed by atoms with Crippen molar-refractivity contribution in [3.63, 3.8) is 0 Å². The Hall–Kier alpha value is -4.36. The van der Waals surface area contributed by atoms with E-state index in [2.05, 4.69) is 10.6 Å². The molecule has 2 aliphatic rings. The zero-order valence-electron chi connectivity index (χ0n) is 22.6. The van der Waals surface area contributed by atoms with Gasteiger partial charge in [0.25, 0.3) is 0 Å². The molecule has 0 radical (unpaired) electrons. The zero-order valence-corrected chi connectivity index (χ0v) is 24.9. The molecule has 1 saturated carbocycles. The summed E-state index contributed by atoms with van der Waals surface area (Å²) in [7, 11) is 0. The maximum absolute atomic E-state index is 14.9. The van der Waals surface area contributed by atoms with Crippen molar-refractivity contribution >= 4 is 70.3 Å². The number of amides is 2. The molecule has 2 amide bonds. The molecule has 0 bridgehead atoms. The van der Waals surface area contributed by atoms with Crippen LogP contribution in [0.2, 0.25) is 10.0 Å². The van der Waals surface area contributed by atoms with Crippen molar-refractivity contribution in [1.29, 1.82) is 0 Å². The number of nitrogens with one attached hydrogen (secondary N) is 2.